The van der Waals surface area contributed by atoms with E-state index in [2.05, 4.69) is 10.3 Å². The van der Waals surface area contributed by atoms with Crippen molar-refractivity contribution < 1.29 is 14.6 Å². The number of hydrogen-bond donors (Lipinski definition) is 2. The summed E-state index contributed by atoms with van der Waals surface area (Å²) in [5, 5.41) is 11.8. The third kappa shape index (κ3) is 5.26. The van der Waals surface area contributed by atoms with Gasteiger partial charge >= 0.3 is 0 Å². The van der Waals surface area contributed by atoms with Crippen LogP contribution >= 0.6 is 0 Å². The summed E-state index contributed by atoms with van der Waals surface area (Å²) in [4.78, 5) is 16.2. The van der Waals surface area contributed by atoms with E-state index in [-0.39, 0.29) is 24.7 Å². The van der Waals surface area contributed by atoms with E-state index in [1.54, 1.807) is 18.2 Å². The minimum atomic E-state index is -0.241. The third-order valence-electron chi connectivity index (χ3n) is 2.62. The fourth-order valence-corrected chi connectivity index (χ4v) is 1.64. The van der Waals surface area contributed by atoms with Gasteiger partial charge in [-0.05, 0) is 32.8 Å². The first-order valence-corrected chi connectivity index (χ1v) is 6.62. The molecule has 5 nitrogen and oxygen atoms in total. The van der Waals surface area contributed by atoms with Gasteiger partial charge in [-0.25, -0.2) is 4.98 Å². The monoisotopic (exact) mass is 266 g/mol. The van der Waals surface area contributed by atoms with E-state index >= 15 is 0 Å². The van der Waals surface area contributed by atoms with Crippen LogP contribution in [-0.4, -0.2) is 34.8 Å². The molecule has 1 unspecified atom stereocenters. The molecule has 0 bridgehead atoms. The Balaban J connectivity index is 2.70. The van der Waals surface area contributed by atoms with Gasteiger partial charge in [0.15, 0.2) is 0 Å². The van der Waals surface area contributed by atoms with Gasteiger partial charge in [0.2, 0.25) is 5.88 Å². The molecule has 2 N–H and O–H groups in total. The van der Waals surface area contributed by atoms with Gasteiger partial charge in [0, 0.05) is 18.7 Å². The number of carbonyl (C=O) groups excluding carboxylic acids is 1. The lowest BCUT2D eigenvalue weighted by Gasteiger charge is -2.15. The first-order valence-electron chi connectivity index (χ1n) is 6.62. The Bertz CT molecular complexity index is 407. The van der Waals surface area contributed by atoms with Crippen LogP contribution in [0.25, 0.3) is 0 Å². The normalized spacial score (nSPS) is 12.3. The number of carbonyl (C=O) groups is 1. The van der Waals surface area contributed by atoms with Gasteiger partial charge in [-0.3, -0.25) is 4.79 Å². The van der Waals surface area contributed by atoms with Crippen molar-refractivity contribution in [3.05, 3.63) is 23.9 Å². The average Bonchev–Trinajstić information content (AvgIpc) is 2.37. The molecule has 1 aromatic heterocycles. The predicted octanol–water partition coefficient (Wildman–Crippen LogP) is 1.76. The molecule has 0 radical (unpaired) electrons. The zero-order chi connectivity index (χ0) is 14.3. The van der Waals surface area contributed by atoms with Crippen molar-refractivity contribution in [1.29, 1.82) is 0 Å². The summed E-state index contributed by atoms with van der Waals surface area (Å²) < 4.78 is 5.45. The number of aromatic nitrogens is 1. The molecule has 1 aromatic rings. The number of pyridine rings is 1. The number of nitrogens with zero attached hydrogens (tertiary/aromatic N) is 1. The topological polar surface area (TPSA) is 71.5 Å². The summed E-state index contributed by atoms with van der Waals surface area (Å²) >= 11 is 0. The van der Waals surface area contributed by atoms with Crippen LogP contribution in [0.2, 0.25) is 0 Å². The summed E-state index contributed by atoms with van der Waals surface area (Å²) in [7, 11) is 0. The van der Waals surface area contributed by atoms with Gasteiger partial charge in [0.05, 0.1) is 6.10 Å². The number of nitrogens with one attached hydrogen (secondary N) is 1. The maximum atomic E-state index is 12.0. The van der Waals surface area contributed by atoms with Crippen LogP contribution in [0.1, 0.15) is 44.1 Å². The zero-order valence-electron chi connectivity index (χ0n) is 11.7. The molecule has 1 heterocycles. The Kier molecular flexibility index (Phi) is 6.29. The molecule has 0 aromatic carbocycles. The maximum Gasteiger partial charge on any atom is 0.270 e. The fourth-order valence-electron chi connectivity index (χ4n) is 1.64. The minimum Gasteiger partial charge on any atom is -0.475 e. The Morgan fingerprint density at radius 3 is 2.79 bits per heavy atom. The second-order valence-electron chi connectivity index (χ2n) is 4.62. The molecule has 0 aliphatic heterocycles. The standard InChI is InChI=1S/C14H22N2O3/c1-4-11(8-9-17)15-14(18)12-6-5-7-13(16-12)19-10(2)3/h5-7,10-11,17H,4,8-9H2,1-3H3,(H,15,18). The highest BCUT2D eigenvalue weighted by Crippen LogP contribution is 2.10. The lowest BCUT2D eigenvalue weighted by Crippen LogP contribution is -2.35. The fraction of sp³-hybridized carbons (Fsp3) is 0.571. The van der Waals surface area contributed by atoms with Crippen LogP contribution in [0.3, 0.4) is 0 Å². The highest BCUT2D eigenvalue weighted by Gasteiger charge is 2.13. The van der Waals surface area contributed by atoms with E-state index in [0.717, 1.165) is 6.42 Å². The molecule has 0 spiro atoms. The summed E-state index contributed by atoms with van der Waals surface area (Å²) in [6, 6.07) is 5.08. The summed E-state index contributed by atoms with van der Waals surface area (Å²) in [6.45, 7) is 5.83. The van der Waals surface area contributed by atoms with Crippen molar-refractivity contribution in [2.75, 3.05) is 6.61 Å². The minimum absolute atomic E-state index is 0.0172. The first kappa shape index (κ1) is 15.4. The second kappa shape index (κ2) is 7.74. The van der Waals surface area contributed by atoms with Crippen molar-refractivity contribution in [2.45, 2.75) is 45.8 Å². The highest BCUT2D eigenvalue weighted by molar-refractivity contribution is 5.92. The largest absolute Gasteiger partial charge is 0.475 e. The van der Waals surface area contributed by atoms with Gasteiger partial charge in [-0.15, -0.1) is 0 Å². The molecule has 0 fully saturated rings. The van der Waals surface area contributed by atoms with E-state index < -0.39 is 0 Å². The Labute approximate surface area is 114 Å². The van der Waals surface area contributed by atoms with E-state index in [4.69, 9.17) is 9.84 Å². The second-order valence-corrected chi connectivity index (χ2v) is 4.62. The van der Waals surface area contributed by atoms with Gasteiger partial charge in [0.1, 0.15) is 5.69 Å². The number of amides is 1. The molecular weight excluding hydrogens is 244 g/mol. The molecule has 0 saturated carbocycles. The highest BCUT2D eigenvalue weighted by atomic mass is 16.5. The van der Waals surface area contributed by atoms with E-state index in [0.29, 0.717) is 18.0 Å². The summed E-state index contributed by atoms with van der Waals surface area (Å²) in [6.07, 6.45) is 1.34. The van der Waals surface area contributed by atoms with Crippen molar-refractivity contribution in [2.24, 2.45) is 0 Å². The number of rotatable bonds is 7. The third-order valence-corrected chi connectivity index (χ3v) is 2.62. The van der Waals surface area contributed by atoms with Gasteiger partial charge in [-0.1, -0.05) is 13.0 Å². The number of aliphatic hydroxyl groups excluding tert-OH is 1. The lowest BCUT2D eigenvalue weighted by atomic mass is 10.1. The summed E-state index contributed by atoms with van der Waals surface area (Å²) in [5.74, 6) is 0.201. The van der Waals surface area contributed by atoms with E-state index in [1.807, 2.05) is 20.8 Å². The molecular formula is C14H22N2O3. The van der Waals surface area contributed by atoms with Crippen LogP contribution in [0.4, 0.5) is 0 Å². The maximum absolute atomic E-state index is 12.0. The summed E-state index contributed by atoms with van der Waals surface area (Å²) in [5.41, 5.74) is 0.328. The van der Waals surface area contributed by atoms with Crippen LogP contribution in [0.5, 0.6) is 5.88 Å². The molecule has 0 saturated heterocycles. The number of aliphatic hydroxyl groups is 1. The van der Waals surface area contributed by atoms with Gasteiger partial charge < -0.3 is 15.2 Å². The van der Waals surface area contributed by atoms with Crippen LogP contribution in [0.15, 0.2) is 18.2 Å². The lowest BCUT2D eigenvalue weighted by molar-refractivity contribution is 0.0922. The quantitative estimate of drug-likeness (QED) is 0.789. The Morgan fingerprint density at radius 2 is 2.21 bits per heavy atom. The van der Waals surface area contributed by atoms with E-state index in [1.165, 1.54) is 0 Å². The SMILES string of the molecule is CCC(CCO)NC(=O)c1cccc(OC(C)C)n1. The van der Waals surface area contributed by atoms with E-state index in [9.17, 15) is 4.79 Å². The smallest absolute Gasteiger partial charge is 0.270 e. The van der Waals surface area contributed by atoms with Crippen LogP contribution < -0.4 is 10.1 Å². The molecule has 1 amide bonds. The van der Waals surface area contributed by atoms with Crippen molar-refractivity contribution in [3.8, 4) is 5.88 Å². The number of hydrogen-bond acceptors (Lipinski definition) is 4. The first-order chi connectivity index (χ1) is 9.06. The molecule has 19 heavy (non-hydrogen) atoms. The van der Waals surface area contributed by atoms with Crippen molar-refractivity contribution in [1.82, 2.24) is 10.3 Å². The molecule has 106 valence electrons. The molecule has 0 aliphatic rings. The number of ether oxygens (including phenoxy) is 1. The Morgan fingerprint density at radius 1 is 1.47 bits per heavy atom. The van der Waals surface area contributed by atoms with Gasteiger partial charge in [-0.2, -0.15) is 0 Å². The van der Waals surface area contributed by atoms with Crippen LogP contribution in [0, 0.1) is 0 Å². The Hall–Kier alpha value is -1.62. The average molecular weight is 266 g/mol. The van der Waals surface area contributed by atoms with Gasteiger partial charge in [0.25, 0.3) is 5.91 Å². The zero-order valence-corrected chi connectivity index (χ0v) is 11.7. The molecule has 1 atom stereocenters. The van der Waals surface area contributed by atoms with Crippen molar-refractivity contribution >= 4 is 5.91 Å². The van der Waals surface area contributed by atoms with Crippen molar-refractivity contribution in [3.63, 3.8) is 0 Å². The van der Waals surface area contributed by atoms with Crippen LogP contribution in [-0.2, 0) is 0 Å². The molecule has 0 aliphatic carbocycles. The molecule has 5 heteroatoms. The predicted molar refractivity (Wildman–Crippen MR) is 73.2 cm³/mol. The molecule has 1 rings (SSSR count).